The van der Waals surface area contributed by atoms with Gasteiger partial charge in [0.05, 0.1) is 5.92 Å². The van der Waals surface area contributed by atoms with Crippen molar-refractivity contribution in [2.45, 2.75) is 64.6 Å². The highest BCUT2D eigenvalue weighted by atomic mass is 19.4. The topological polar surface area (TPSA) is 55.1 Å². The van der Waals surface area contributed by atoms with E-state index in [1.807, 2.05) is 13.8 Å². The van der Waals surface area contributed by atoms with E-state index >= 15 is 0 Å². The molecule has 6 heteroatoms. The van der Waals surface area contributed by atoms with Gasteiger partial charge in [0.1, 0.15) is 0 Å². The molecule has 0 heterocycles. The van der Waals surface area contributed by atoms with E-state index in [1.165, 1.54) is 0 Å². The molecule has 0 aromatic carbocycles. The van der Waals surface area contributed by atoms with Gasteiger partial charge >= 0.3 is 6.18 Å². The van der Waals surface area contributed by atoms with Crippen LogP contribution in [0.15, 0.2) is 0 Å². The number of amides is 1. The van der Waals surface area contributed by atoms with Gasteiger partial charge in [0.2, 0.25) is 5.91 Å². The summed E-state index contributed by atoms with van der Waals surface area (Å²) in [6, 6.07) is 0. The van der Waals surface area contributed by atoms with Gasteiger partial charge in [0.15, 0.2) is 0 Å². The second kappa shape index (κ2) is 6.99. The maximum Gasteiger partial charge on any atom is 0.392 e. The molecule has 0 aliphatic heterocycles. The van der Waals surface area contributed by atoms with Crippen LogP contribution in [0.5, 0.6) is 0 Å². The van der Waals surface area contributed by atoms with Crippen LogP contribution in [0.3, 0.4) is 0 Å². The Kier molecular flexibility index (Phi) is 6.08. The molecule has 0 aromatic rings. The van der Waals surface area contributed by atoms with Crippen molar-refractivity contribution >= 4 is 5.91 Å². The van der Waals surface area contributed by atoms with E-state index in [2.05, 4.69) is 5.32 Å². The Morgan fingerprint density at radius 1 is 1.29 bits per heavy atom. The van der Waals surface area contributed by atoms with E-state index in [9.17, 15) is 18.0 Å². The molecule has 0 spiro atoms. The molecule has 0 aromatic heterocycles. The van der Waals surface area contributed by atoms with Crippen molar-refractivity contribution in [3.8, 4) is 0 Å². The first-order valence-electron chi connectivity index (χ1n) is 7.68. The Balaban J connectivity index is 2.80. The Morgan fingerprint density at radius 3 is 2.33 bits per heavy atom. The number of hydrogen-bond acceptors (Lipinski definition) is 2. The largest absolute Gasteiger partial charge is 0.392 e. The summed E-state index contributed by atoms with van der Waals surface area (Å²) in [4.78, 5) is 12.3. The van der Waals surface area contributed by atoms with Gasteiger partial charge < -0.3 is 11.1 Å². The summed E-state index contributed by atoms with van der Waals surface area (Å²) in [5, 5.41) is 2.78. The number of nitrogens with one attached hydrogen (secondary N) is 1. The summed E-state index contributed by atoms with van der Waals surface area (Å²) >= 11 is 0. The summed E-state index contributed by atoms with van der Waals surface area (Å²) in [7, 11) is 0. The number of halogens is 3. The Morgan fingerprint density at radius 2 is 1.86 bits per heavy atom. The van der Waals surface area contributed by atoms with Crippen molar-refractivity contribution < 1.29 is 18.0 Å². The summed E-state index contributed by atoms with van der Waals surface area (Å²) in [5.41, 5.74) is 5.08. The molecule has 124 valence electrons. The molecule has 0 bridgehead atoms. The average molecular weight is 308 g/mol. The van der Waals surface area contributed by atoms with Crippen molar-refractivity contribution in [1.82, 2.24) is 5.32 Å². The van der Waals surface area contributed by atoms with E-state index in [1.54, 1.807) is 6.92 Å². The molecule has 1 aliphatic carbocycles. The number of carbonyl (C=O) groups is 1. The fourth-order valence-corrected chi connectivity index (χ4v) is 3.31. The molecule has 3 nitrogen and oxygen atoms in total. The first-order valence-corrected chi connectivity index (χ1v) is 7.68. The van der Waals surface area contributed by atoms with Crippen molar-refractivity contribution in [3.05, 3.63) is 0 Å². The number of hydrogen-bond donors (Lipinski definition) is 2. The zero-order valence-corrected chi connectivity index (χ0v) is 13.1. The van der Waals surface area contributed by atoms with Crippen LogP contribution in [0.2, 0.25) is 0 Å². The number of nitrogens with two attached hydrogens (primary N) is 1. The number of carbonyl (C=O) groups excluding carboxylic acids is 1. The Bertz CT molecular complexity index is 357. The lowest BCUT2D eigenvalue weighted by Gasteiger charge is -2.37. The molecule has 21 heavy (non-hydrogen) atoms. The van der Waals surface area contributed by atoms with Gasteiger partial charge in [-0.15, -0.1) is 0 Å². The zero-order valence-electron chi connectivity index (χ0n) is 13.1. The van der Waals surface area contributed by atoms with E-state index < -0.39 is 29.5 Å². The van der Waals surface area contributed by atoms with Crippen LogP contribution >= 0.6 is 0 Å². The quantitative estimate of drug-likeness (QED) is 0.819. The normalized spacial score (nSPS) is 26.5. The summed E-state index contributed by atoms with van der Waals surface area (Å²) < 4.78 is 39.2. The van der Waals surface area contributed by atoms with Crippen molar-refractivity contribution in [2.24, 2.45) is 23.5 Å². The monoisotopic (exact) mass is 308 g/mol. The molecular formula is C15H27F3N2O. The summed E-state index contributed by atoms with van der Waals surface area (Å²) in [6.45, 7) is 6.02. The molecule has 3 unspecified atom stereocenters. The molecule has 3 atom stereocenters. The third-order valence-corrected chi connectivity index (χ3v) is 4.26. The molecule has 1 rings (SSSR count). The lowest BCUT2D eigenvalue weighted by Crippen LogP contribution is -2.55. The first kappa shape index (κ1) is 18.3. The highest BCUT2D eigenvalue weighted by Crippen LogP contribution is 2.41. The van der Waals surface area contributed by atoms with Crippen LogP contribution in [0.1, 0.15) is 52.9 Å². The molecule has 3 N–H and O–H groups in total. The fourth-order valence-electron chi connectivity index (χ4n) is 3.31. The second-order valence-electron chi connectivity index (χ2n) is 6.89. The molecule has 1 aliphatic rings. The third-order valence-electron chi connectivity index (χ3n) is 4.26. The maximum atomic E-state index is 13.1. The standard InChI is InChI=1S/C15H27F3N2O/c1-10(2)8-14(3,9-19)20-13(21)11-6-4-5-7-12(11)15(16,17)18/h10-12H,4-9,19H2,1-3H3,(H,20,21). The molecule has 1 saturated carbocycles. The lowest BCUT2D eigenvalue weighted by atomic mass is 9.77. The first-order chi connectivity index (χ1) is 9.59. The van der Waals surface area contributed by atoms with Gasteiger partial charge in [-0.1, -0.05) is 26.7 Å². The van der Waals surface area contributed by atoms with Crippen LogP contribution < -0.4 is 11.1 Å². The van der Waals surface area contributed by atoms with Crippen molar-refractivity contribution in [2.75, 3.05) is 6.54 Å². The summed E-state index contributed by atoms with van der Waals surface area (Å²) in [6.07, 6.45) is -2.09. The Labute approximate surface area is 124 Å². The Hall–Kier alpha value is -0.780. The lowest BCUT2D eigenvalue weighted by molar-refractivity contribution is -0.198. The van der Waals surface area contributed by atoms with Gasteiger partial charge in [-0.25, -0.2) is 0 Å². The predicted octanol–water partition coefficient (Wildman–Crippen LogP) is 3.23. The van der Waals surface area contributed by atoms with Crippen LogP contribution in [0.4, 0.5) is 13.2 Å². The summed E-state index contributed by atoms with van der Waals surface area (Å²) in [5.74, 6) is -2.68. The van der Waals surface area contributed by atoms with E-state index in [4.69, 9.17) is 5.73 Å². The van der Waals surface area contributed by atoms with Gasteiger partial charge in [0, 0.05) is 18.0 Å². The van der Waals surface area contributed by atoms with E-state index in [0.29, 0.717) is 31.6 Å². The maximum absolute atomic E-state index is 13.1. The van der Waals surface area contributed by atoms with Crippen LogP contribution in [-0.2, 0) is 4.79 Å². The smallest absolute Gasteiger partial charge is 0.349 e. The number of alkyl halides is 3. The van der Waals surface area contributed by atoms with Crippen LogP contribution in [0, 0.1) is 17.8 Å². The predicted molar refractivity (Wildman–Crippen MR) is 76.6 cm³/mol. The minimum absolute atomic E-state index is 0.0467. The fraction of sp³-hybridized carbons (Fsp3) is 0.933. The van der Waals surface area contributed by atoms with Gasteiger partial charge in [-0.2, -0.15) is 13.2 Å². The van der Waals surface area contributed by atoms with Gasteiger partial charge in [-0.3, -0.25) is 4.79 Å². The van der Waals surface area contributed by atoms with E-state index in [-0.39, 0.29) is 13.0 Å². The SMILES string of the molecule is CC(C)CC(C)(CN)NC(=O)C1CCCCC1C(F)(F)F. The molecule has 1 amide bonds. The van der Waals surface area contributed by atoms with Crippen LogP contribution in [-0.4, -0.2) is 24.2 Å². The molecule has 0 radical (unpaired) electrons. The van der Waals surface area contributed by atoms with Crippen molar-refractivity contribution in [3.63, 3.8) is 0 Å². The van der Waals surface area contributed by atoms with E-state index in [0.717, 1.165) is 0 Å². The second-order valence-corrected chi connectivity index (χ2v) is 6.89. The van der Waals surface area contributed by atoms with Gasteiger partial charge in [0.25, 0.3) is 0 Å². The zero-order chi connectivity index (χ0) is 16.3. The minimum atomic E-state index is -4.31. The van der Waals surface area contributed by atoms with Gasteiger partial charge in [-0.05, 0) is 32.1 Å². The average Bonchev–Trinajstić information content (AvgIpc) is 2.36. The minimum Gasteiger partial charge on any atom is -0.349 e. The molecular weight excluding hydrogens is 281 g/mol. The highest BCUT2D eigenvalue weighted by molar-refractivity contribution is 5.80. The van der Waals surface area contributed by atoms with Crippen molar-refractivity contribution in [1.29, 1.82) is 0 Å². The van der Waals surface area contributed by atoms with Crippen LogP contribution in [0.25, 0.3) is 0 Å². The third kappa shape index (κ3) is 5.16. The highest BCUT2D eigenvalue weighted by Gasteiger charge is 2.48. The number of rotatable bonds is 5. The molecule has 1 fully saturated rings. The molecule has 0 saturated heterocycles.